The third-order valence-electron chi connectivity index (χ3n) is 6.51. The van der Waals surface area contributed by atoms with E-state index in [1.54, 1.807) is 0 Å². The molecule has 6 nitrogen and oxygen atoms in total. The Kier molecular flexibility index (Phi) is 5.02. The number of anilines is 1. The Morgan fingerprint density at radius 1 is 1.15 bits per heavy atom. The summed E-state index contributed by atoms with van der Waals surface area (Å²) in [4.78, 5) is 15.5. The van der Waals surface area contributed by atoms with Crippen molar-refractivity contribution in [3.8, 4) is 17.6 Å². The largest absolute Gasteiger partial charge is 0.454 e. The van der Waals surface area contributed by atoms with Gasteiger partial charge in [0, 0.05) is 22.2 Å². The average Bonchev–Trinajstić information content (AvgIpc) is 3.21. The zero-order chi connectivity index (χ0) is 23.5. The van der Waals surface area contributed by atoms with Gasteiger partial charge in [-0.15, -0.1) is 0 Å². The number of hydrogen-bond acceptors (Lipinski definition) is 6. The van der Waals surface area contributed by atoms with Crippen LogP contribution in [0.15, 0.2) is 63.5 Å². The third kappa shape index (κ3) is 3.50. The SMILES string of the molecule is Cc1cc(Br)ccc1N1C(N)=C(C#N)[C@H](c2ccc3c(c2)OCO3)C2=C1CC(C)(C)CC2=O. The van der Waals surface area contributed by atoms with Crippen LogP contribution < -0.4 is 20.1 Å². The summed E-state index contributed by atoms with van der Waals surface area (Å²) in [5, 5.41) is 10.2. The first-order chi connectivity index (χ1) is 15.7. The van der Waals surface area contributed by atoms with Crippen molar-refractivity contribution in [3.63, 3.8) is 0 Å². The average molecular weight is 506 g/mol. The lowest BCUT2D eigenvalue weighted by molar-refractivity contribution is -0.118. The maximum atomic E-state index is 13.6. The molecule has 0 saturated heterocycles. The molecule has 1 atom stereocenters. The normalized spacial score (nSPS) is 21.2. The molecule has 7 heteroatoms. The lowest BCUT2D eigenvalue weighted by atomic mass is 9.68. The first kappa shape index (κ1) is 21.6. The van der Waals surface area contributed by atoms with Gasteiger partial charge in [0.1, 0.15) is 5.82 Å². The minimum atomic E-state index is -0.546. The molecule has 0 bridgehead atoms. The fraction of sp³-hybridized carbons (Fsp3) is 0.308. The second-order valence-corrected chi connectivity index (χ2v) is 10.4. The van der Waals surface area contributed by atoms with Gasteiger partial charge in [0.05, 0.1) is 23.2 Å². The second kappa shape index (κ2) is 7.67. The number of benzene rings is 2. The van der Waals surface area contributed by atoms with E-state index in [0.29, 0.717) is 41.3 Å². The van der Waals surface area contributed by atoms with Crippen LogP contribution in [-0.2, 0) is 4.79 Å². The van der Waals surface area contributed by atoms with Gasteiger partial charge in [0.2, 0.25) is 6.79 Å². The van der Waals surface area contributed by atoms with Crippen LogP contribution in [0.2, 0.25) is 0 Å². The zero-order valence-corrected chi connectivity index (χ0v) is 20.3. The summed E-state index contributed by atoms with van der Waals surface area (Å²) in [5.74, 6) is 1.12. The van der Waals surface area contributed by atoms with Crippen LogP contribution >= 0.6 is 15.9 Å². The van der Waals surface area contributed by atoms with Crippen LogP contribution in [0.5, 0.6) is 11.5 Å². The third-order valence-corrected chi connectivity index (χ3v) is 7.00. The molecule has 2 aromatic carbocycles. The number of hydrogen-bond donors (Lipinski definition) is 1. The number of fused-ring (bicyclic) bond motifs is 1. The van der Waals surface area contributed by atoms with Gasteiger partial charge in [-0.2, -0.15) is 5.26 Å². The highest BCUT2D eigenvalue weighted by Gasteiger charge is 2.45. The van der Waals surface area contributed by atoms with Crippen molar-refractivity contribution in [3.05, 3.63) is 74.7 Å². The minimum Gasteiger partial charge on any atom is -0.454 e. The van der Waals surface area contributed by atoms with Crippen molar-refractivity contribution in [2.45, 2.75) is 39.5 Å². The van der Waals surface area contributed by atoms with E-state index in [4.69, 9.17) is 15.2 Å². The Balaban J connectivity index is 1.76. The molecule has 33 heavy (non-hydrogen) atoms. The Morgan fingerprint density at radius 2 is 1.91 bits per heavy atom. The van der Waals surface area contributed by atoms with E-state index in [9.17, 15) is 10.1 Å². The van der Waals surface area contributed by atoms with Crippen molar-refractivity contribution in [2.75, 3.05) is 11.7 Å². The molecule has 1 aliphatic carbocycles. The number of carbonyl (C=O) groups excluding carboxylic acids is 1. The number of nitrogens with two attached hydrogens (primary N) is 1. The molecule has 2 heterocycles. The van der Waals surface area contributed by atoms with Gasteiger partial charge in [0.15, 0.2) is 17.3 Å². The zero-order valence-electron chi connectivity index (χ0n) is 18.7. The van der Waals surface area contributed by atoms with Gasteiger partial charge < -0.3 is 15.2 Å². The van der Waals surface area contributed by atoms with Gasteiger partial charge in [-0.3, -0.25) is 9.69 Å². The van der Waals surface area contributed by atoms with Gasteiger partial charge in [-0.05, 0) is 60.2 Å². The van der Waals surface area contributed by atoms with E-state index >= 15 is 0 Å². The molecule has 0 aromatic heterocycles. The molecule has 0 fully saturated rings. The van der Waals surface area contributed by atoms with Crippen molar-refractivity contribution in [2.24, 2.45) is 11.1 Å². The lowest BCUT2D eigenvalue weighted by Crippen LogP contribution is -2.42. The molecule has 2 N–H and O–H groups in total. The Morgan fingerprint density at radius 3 is 2.64 bits per heavy atom. The molecule has 5 rings (SSSR count). The fourth-order valence-electron chi connectivity index (χ4n) is 5.08. The van der Waals surface area contributed by atoms with Crippen molar-refractivity contribution >= 4 is 27.4 Å². The Bertz CT molecular complexity index is 1300. The van der Waals surface area contributed by atoms with Gasteiger partial charge in [-0.25, -0.2) is 0 Å². The molecule has 0 spiro atoms. The molecular formula is C26H24BrN3O3. The van der Waals surface area contributed by atoms with Crippen LogP contribution in [0.4, 0.5) is 5.69 Å². The first-order valence-electron chi connectivity index (χ1n) is 10.8. The number of Topliss-reactive ketones (excluding diaryl/α,β-unsaturated/α-hetero) is 1. The molecule has 168 valence electrons. The van der Waals surface area contributed by atoms with Crippen LogP contribution in [0, 0.1) is 23.7 Å². The van der Waals surface area contributed by atoms with Gasteiger partial charge >= 0.3 is 0 Å². The number of nitrogens with zero attached hydrogens (tertiary/aromatic N) is 2. The van der Waals surface area contributed by atoms with Gasteiger partial charge in [0.25, 0.3) is 0 Å². The van der Waals surface area contributed by atoms with Crippen molar-refractivity contribution < 1.29 is 14.3 Å². The summed E-state index contributed by atoms with van der Waals surface area (Å²) < 4.78 is 12.0. The van der Waals surface area contributed by atoms with Crippen molar-refractivity contribution in [1.29, 1.82) is 5.26 Å². The molecule has 0 radical (unpaired) electrons. The van der Waals surface area contributed by atoms with E-state index in [-0.39, 0.29) is 18.0 Å². The summed E-state index contributed by atoms with van der Waals surface area (Å²) in [5.41, 5.74) is 11.0. The number of ketones is 1. The Labute approximate surface area is 201 Å². The summed E-state index contributed by atoms with van der Waals surface area (Å²) in [7, 11) is 0. The Hall–Kier alpha value is -3.24. The monoisotopic (exact) mass is 505 g/mol. The van der Waals surface area contributed by atoms with E-state index < -0.39 is 5.92 Å². The van der Waals surface area contributed by atoms with Crippen LogP contribution in [-0.4, -0.2) is 12.6 Å². The highest BCUT2D eigenvalue weighted by Crippen LogP contribution is 2.51. The first-order valence-corrected chi connectivity index (χ1v) is 11.6. The van der Waals surface area contributed by atoms with E-state index in [2.05, 4.69) is 35.8 Å². The number of nitriles is 1. The summed E-state index contributed by atoms with van der Waals surface area (Å²) >= 11 is 3.52. The number of carbonyl (C=O) groups is 1. The minimum absolute atomic E-state index is 0.0453. The second-order valence-electron chi connectivity index (χ2n) is 9.52. The molecule has 2 aromatic rings. The number of allylic oxidation sites excluding steroid dienone is 3. The predicted molar refractivity (Wildman–Crippen MR) is 129 cm³/mol. The maximum Gasteiger partial charge on any atom is 0.231 e. The molecule has 0 amide bonds. The highest BCUT2D eigenvalue weighted by molar-refractivity contribution is 9.10. The predicted octanol–water partition coefficient (Wildman–Crippen LogP) is 5.43. The smallest absolute Gasteiger partial charge is 0.231 e. The van der Waals surface area contributed by atoms with Crippen molar-refractivity contribution in [1.82, 2.24) is 0 Å². The number of ether oxygens (including phenoxy) is 2. The van der Waals surface area contributed by atoms with E-state index in [0.717, 1.165) is 27.0 Å². The maximum absolute atomic E-state index is 13.6. The molecule has 2 aliphatic heterocycles. The number of aryl methyl sites for hydroxylation is 1. The van der Waals surface area contributed by atoms with Crippen LogP contribution in [0.1, 0.15) is 43.7 Å². The quantitative estimate of drug-likeness (QED) is 0.585. The number of rotatable bonds is 2. The summed E-state index contributed by atoms with van der Waals surface area (Å²) in [6.45, 7) is 6.34. The fourth-order valence-corrected chi connectivity index (χ4v) is 5.56. The molecule has 3 aliphatic rings. The lowest BCUT2D eigenvalue weighted by Gasteiger charge is -2.44. The van der Waals surface area contributed by atoms with E-state index in [1.165, 1.54) is 0 Å². The standard InChI is InChI=1S/C26H24BrN3O3/c1-14-8-16(27)5-6-18(14)30-19-10-26(2,3)11-20(31)24(19)23(17(12-28)25(30)29)15-4-7-21-22(9-15)33-13-32-21/h4-9,23H,10-11,13,29H2,1-3H3/t23-/m0/s1. The molecular weight excluding hydrogens is 482 g/mol. The molecule has 0 unspecified atom stereocenters. The summed E-state index contributed by atoms with van der Waals surface area (Å²) in [6, 6.07) is 13.8. The number of halogens is 1. The van der Waals surface area contributed by atoms with Gasteiger partial charge in [-0.1, -0.05) is 35.8 Å². The van der Waals surface area contributed by atoms with Crippen LogP contribution in [0.25, 0.3) is 0 Å². The topological polar surface area (TPSA) is 88.6 Å². The van der Waals surface area contributed by atoms with E-state index in [1.807, 2.05) is 48.2 Å². The molecule has 0 saturated carbocycles. The van der Waals surface area contributed by atoms with Crippen LogP contribution in [0.3, 0.4) is 0 Å². The highest BCUT2D eigenvalue weighted by atomic mass is 79.9. The summed E-state index contributed by atoms with van der Waals surface area (Å²) in [6.07, 6.45) is 1.09.